The molecule has 110 valence electrons. The van der Waals surface area contributed by atoms with E-state index in [4.69, 9.17) is 15.2 Å². The highest BCUT2D eigenvalue weighted by Gasteiger charge is 2.29. The zero-order chi connectivity index (χ0) is 14.7. The minimum absolute atomic E-state index is 0.0530. The Kier molecular flexibility index (Phi) is 4.61. The number of carbonyl (C=O) groups is 2. The molecule has 7 heteroatoms. The Morgan fingerprint density at radius 3 is 2.85 bits per heavy atom. The molecule has 0 saturated carbocycles. The van der Waals surface area contributed by atoms with Crippen molar-refractivity contribution in [3.8, 4) is 0 Å². The van der Waals surface area contributed by atoms with E-state index in [-0.39, 0.29) is 18.5 Å². The zero-order valence-electron chi connectivity index (χ0n) is 11.6. The van der Waals surface area contributed by atoms with Gasteiger partial charge in [-0.2, -0.15) is 0 Å². The van der Waals surface area contributed by atoms with E-state index in [1.165, 1.54) is 18.4 Å². The summed E-state index contributed by atoms with van der Waals surface area (Å²) in [6.07, 6.45) is 0.618. The molecular formula is C13H18N2O4S. The van der Waals surface area contributed by atoms with Crippen LogP contribution in [0.25, 0.3) is 0 Å². The van der Waals surface area contributed by atoms with Gasteiger partial charge >= 0.3 is 5.97 Å². The van der Waals surface area contributed by atoms with Crippen LogP contribution in [-0.2, 0) is 27.2 Å². The number of thiophene rings is 1. The zero-order valence-corrected chi connectivity index (χ0v) is 12.4. The van der Waals surface area contributed by atoms with Crippen molar-refractivity contribution >= 4 is 28.2 Å². The summed E-state index contributed by atoms with van der Waals surface area (Å²) in [6, 6.07) is 0. The Morgan fingerprint density at radius 2 is 2.20 bits per heavy atom. The lowest BCUT2D eigenvalue weighted by atomic mass is 10.0. The highest BCUT2D eigenvalue weighted by atomic mass is 32.1. The fraction of sp³-hybridized carbons (Fsp3) is 0.538. The molecule has 0 saturated heterocycles. The van der Waals surface area contributed by atoms with Gasteiger partial charge in [-0.05, 0) is 18.9 Å². The van der Waals surface area contributed by atoms with Gasteiger partial charge in [0.05, 0.1) is 18.7 Å². The highest BCUT2D eigenvalue weighted by molar-refractivity contribution is 7.16. The molecule has 1 aromatic heterocycles. The number of nitrogens with zero attached hydrogens (tertiary/aromatic N) is 1. The van der Waals surface area contributed by atoms with Crippen LogP contribution in [0.1, 0.15) is 27.7 Å². The molecule has 0 spiro atoms. The van der Waals surface area contributed by atoms with Gasteiger partial charge in [-0.15, -0.1) is 11.3 Å². The van der Waals surface area contributed by atoms with Gasteiger partial charge in [0.2, 0.25) is 5.91 Å². The molecule has 6 nitrogen and oxygen atoms in total. The lowest BCUT2D eigenvalue weighted by Gasteiger charge is -2.27. The minimum atomic E-state index is -0.376. The number of anilines is 1. The highest BCUT2D eigenvalue weighted by Crippen LogP contribution is 2.35. The van der Waals surface area contributed by atoms with E-state index in [1.807, 2.05) is 0 Å². The normalized spacial score (nSPS) is 14.0. The quantitative estimate of drug-likeness (QED) is 0.840. The first-order valence-electron chi connectivity index (χ1n) is 6.42. The Hall–Kier alpha value is -1.60. The number of rotatable bonds is 4. The van der Waals surface area contributed by atoms with Crippen molar-refractivity contribution in [2.45, 2.75) is 19.9 Å². The summed E-state index contributed by atoms with van der Waals surface area (Å²) in [5, 5.41) is 0.467. The van der Waals surface area contributed by atoms with E-state index in [0.717, 1.165) is 10.4 Å². The Labute approximate surface area is 121 Å². The third kappa shape index (κ3) is 2.78. The van der Waals surface area contributed by atoms with E-state index in [2.05, 4.69) is 0 Å². The van der Waals surface area contributed by atoms with Gasteiger partial charge in [-0.25, -0.2) is 4.79 Å². The third-order valence-electron chi connectivity index (χ3n) is 3.18. The molecule has 1 amide bonds. The van der Waals surface area contributed by atoms with Crippen molar-refractivity contribution in [1.29, 1.82) is 0 Å². The predicted octanol–water partition coefficient (Wildman–Crippen LogP) is 1.04. The molecule has 2 heterocycles. The molecule has 20 heavy (non-hydrogen) atoms. The summed E-state index contributed by atoms with van der Waals surface area (Å²) in [5.74, 6) is -0.429. The summed E-state index contributed by atoms with van der Waals surface area (Å²) in [6.45, 7) is 3.20. The minimum Gasteiger partial charge on any atom is -0.462 e. The standard InChI is InChI=1S/C13H18N2O4S/c1-3-19-13(17)11-8-4-5-15(10(16)7-18-2)6-9(8)20-12(11)14/h3-7,14H2,1-2H3. The number of nitrogens with two attached hydrogens (primary N) is 1. The molecule has 0 bridgehead atoms. The van der Waals surface area contributed by atoms with Crippen molar-refractivity contribution in [3.05, 3.63) is 16.0 Å². The topological polar surface area (TPSA) is 81.9 Å². The van der Waals surface area contributed by atoms with Crippen molar-refractivity contribution < 1.29 is 19.1 Å². The van der Waals surface area contributed by atoms with Crippen LogP contribution in [-0.4, -0.2) is 43.6 Å². The molecule has 0 atom stereocenters. The number of fused-ring (bicyclic) bond motifs is 1. The number of nitrogen functional groups attached to an aromatic ring is 1. The van der Waals surface area contributed by atoms with Gasteiger partial charge in [0.25, 0.3) is 0 Å². The van der Waals surface area contributed by atoms with Crippen molar-refractivity contribution in [2.75, 3.05) is 32.6 Å². The number of hydrogen-bond acceptors (Lipinski definition) is 6. The SMILES string of the molecule is CCOC(=O)c1c(N)sc2c1CCN(C(=O)COC)C2. The molecule has 0 unspecified atom stereocenters. The number of amides is 1. The maximum atomic E-state index is 11.9. The summed E-state index contributed by atoms with van der Waals surface area (Å²) < 4.78 is 9.89. The third-order valence-corrected chi connectivity index (χ3v) is 4.23. The van der Waals surface area contributed by atoms with Crippen LogP contribution in [0.3, 0.4) is 0 Å². The Balaban J connectivity index is 2.21. The maximum Gasteiger partial charge on any atom is 0.341 e. The molecule has 0 radical (unpaired) electrons. The average Bonchev–Trinajstić information content (AvgIpc) is 2.74. The molecule has 0 aliphatic carbocycles. The summed E-state index contributed by atoms with van der Waals surface area (Å²) >= 11 is 1.35. The molecule has 1 aliphatic heterocycles. The fourth-order valence-electron chi connectivity index (χ4n) is 2.28. The van der Waals surface area contributed by atoms with Crippen molar-refractivity contribution in [2.24, 2.45) is 0 Å². The van der Waals surface area contributed by atoms with E-state index in [1.54, 1.807) is 11.8 Å². The second kappa shape index (κ2) is 6.23. The Bertz CT molecular complexity index is 527. The Morgan fingerprint density at radius 1 is 1.45 bits per heavy atom. The summed E-state index contributed by atoms with van der Waals surface area (Å²) in [7, 11) is 1.50. The molecule has 0 aromatic carbocycles. The molecule has 2 N–H and O–H groups in total. The van der Waals surface area contributed by atoms with Gasteiger partial charge in [-0.1, -0.05) is 0 Å². The van der Waals surface area contributed by atoms with Gasteiger partial charge in [-0.3, -0.25) is 4.79 Å². The second-order valence-electron chi connectivity index (χ2n) is 4.46. The number of hydrogen-bond donors (Lipinski definition) is 1. The summed E-state index contributed by atoms with van der Waals surface area (Å²) in [4.78, 5) is 26.4. The molecule has 0 fully saturated rings. The van der Waals surface area contributed by atoms with Gasteiger partial charge in [0.15, 0.2) is 0 Å². The molecule has 2 rings (SSSR count). The van der Waals surface area contributed by atoms with Crippen molar-refractivity contribution in [3.63, 3.8) is 0 Å². The monoisotopic (exact) mass is 298 g/mol. The van der Waals surface area contributed by atoms with Gasteiger partial charge in [0, 0.05) is 18.5 Å². The first kappa shape index (κ1) is 14.8. The number of methoxy groups -OCH3 is 1. The number of esters is 1. The van der Waals surface area contributed by atoms with E-state index >= 15 is 0 Å². The average molecular weight is 298 g/mol. The van der Waals surface area contributed by atoms with Gasteiger partial charge in [0.1, 0.15) is 11.6 Å². The fourth-order valence-corrected chi connectivity index (χ4v) is 3.40. The second-order valence-corrected chi connectivity index (χ2v) is 5.60. The van der Waals surface area contributed by atoms with E-state index < -0.39 is 0 Å². The van der Waals surface area contributed by atoms with E-state index in [0.29, 0.717) is 36.7 Å². The largest absolute Gasteiger partial charge is 0.462 e. The lowest BCUT2D eigenvalue weighted by Crippen LogP contribution is -2.37. The van der Waals surface area contributed by atoms with Crippen LogP contribution in [0.4, 0.5) is 5.00 Å². The maximum absolute atomic E-state index is 11.9. The van der Waals surface area contributed by atoms with Gasteiger partial charge < -0.3 is 20.1 Å². The smallest absolute Gasteiger partial charge is 0.341 e. The molecule has 1 aliphatic rings. The van der Waals surface area contributed by atoms with Crippen LogP contribution >= 0.6 is 11.3 Å². The van der Waals surface area contributed by atoms with Crippen LogP contribution in [0.15, 0.2) is 0 Å². The van der Waals surface area contributed by atoms with Crippen LogP contribution < -0.4 is 5.73 Å². The van der Waals surface area contributed by atoms with Crippen LogP contribution in [0.2, 0.25) is 0 Å². The molecule has 1 aromatic rings. The van der Waals surface area contributed by atoms with Crippen LogP contribution in [0, 0.1) is 0 Å². The lowest BCUT2D eigenvalue weighted by molar-refractivity contribution is -0.136. The van der Waals surface area contributed by atoms with Crippen LogP contribution in [0.5, 0.6) is 0 Å². The number of carbonyl (C=O) groups excluding carboxylic acids is 2. The number of ether oxygens (including phenoxy) is 2. The van der Waals surface area contributed by atoms with Crippen molar-refractivity contribution in [1.82, 2.24) is 4.90 Å². The van der Waals surface area contributed by atoms with E-state index in [9.17, 15) is 9.59 Å². The first-order chi connectivity index (χ1) is 9.58. The summed E-state index contributed by atoms with van der Waals surface area (Å²) in [5.41, 5.74) is 7.32. The molecular weight excluding hydrogens is 280 g/mol. The first-order valence-corrected chi connectivity index (χ1v) is 7.24. The predicted molar refractivity (Wildman–Crippen MR) is 75.7 cm³/mol.